The molecule has 1 saturated carbocycles. The molecule has 1 amide bonds. The number of nitrogens with one attached hydrogen (secondary N) is 1. The molecular formula is C23H36FN5O4S2. The number of alkyl carbamates (subject to hydrolysis) is 1. The van der Waals surface area contributed by atoms with E-state index in [0.29, 0.717) is 34.5 Å². The number of hydrogen-bond donors (Lipinski definition) is 2. The summed E-state index contributed by atoms with van der Waals surface area (Å²) in [6.45, 7) is 10.2. The predicted molar refractivity (Wildman–Crippen MR) is 145 cm³/mol. The van der Waals surface area contributed by atoms with Crippen molar-refractivity contribution in [1.29, 1.82) is 0 Å². The lowest BCUT2D eigenvalue weighted by Gasteiger charge is -2.26. The third-order valence-electron chi connectivity index (χ3n) is 6.47. The number of hydrogen-bond acceptors (Lipinski definition) is 6. The number of aromatic nitrogens is 2. The number of rotatable bonds is 4. The molecular weight excluding hydrogens is 493 g/mol. The summed E-state index contributed by atoms with van der Waals surface area (Å²) in [7, 11) is 0. The largest absolute Gasteiger partial charge is 0.444 e. The maximum Gasteiger partial charge on any atom is 0.407 e. The van der Waals surface area contributed by atoms with Gasteiger partial charge in [-0.15, -0.1) is 0 Å². The highest BCUT2D eigenvalue weighted by molar-refractivity contribution is 7.59. The Morgan fingerprint density at radius 2 is 1.86 bits per heavy atom. The highest BCUT2D eigenvalue weighted by Gasteiger charge is 2.34. The molecule has 3 N–H and O–H groups in total. The minimum Gasteiger partial charge on any atom is -0.444 e. The zero-order valence-corrected chi connectivity index (χ0v) is 22.8. The van der Waals surface area contributed by atoms with Crippen LogP contribution in [0.5, 0.6) is 0 Å². The van der Waals surface area contributed by atoms with E-state index in [1.807, 2.05) is 11.8 Å². The summed E-state index contributed by atoms with van der Waals surface area (Å²) < 4.78 is 22.8. The fourth-order valence-electron chi connectivity index (χ4n) is 4.73. The van der Waals surface area contributed by atoms with Gasteiger partial charge in [-0.05, 0) is 65.9 Å². The van der Waals surface area contributed by atoms with E-state index in [1.165, 1.54) is 10.6 Å². The third kappa shape index (κ3) is 5.58. The topological polar surface area (TPSA) is 112 Å². The van der Waals surface area contributed by atoms with Crippen LogP contribution in [0.25, 0.3) is 10.9 Å². The number of aryl methyl sites for hydroxylation is 1. The number of carbonyl (C=O) groups is 1. The van der Waals surface area contributed by atoms with E-state index >= 15 is 4.39 Å². The maximum absolute atomic E-state index is 15.3. The van der Waals surface area contributed by atoms with E-state index in [9.17, 15) is 14.4 Å². The zero-order chi connectivity index (χ0) is 24.2. The first-order valence-electron chi connectivity index (χ1n) is 11.4. The lowest BCUT2D eigenvalue weighted by atomic mass is 10.0. The second kappa shape index (κ2) is 10.3. The smallest absolute Gasteiger partial charge is 0.407 e. The van der Waals surface area contributed by atoms with E-state index in [0.717, 1.165) is 19.3 Å². The summed E-state index contributed by atoms with van der Waals surface area (Å²) in [5.41, 5.74) is -0.470. The second-order valence-electron chi connectivity index (χ2n) is 10.2. The first-order valence-corrected chi connectivity index (χ1v) is 11.4. The van der Waals surface area contributed by atoms with Gasteiger partial charge >= 0.3 is 11.8 Å². The Bertz CT molecular complexity index is 1240. The highest BCUT2D eigenvalue weighted by Crippen LogP contribution is 2.39. The van der Waals surface area contributed by atoms with Crippen LogP contribution in [0, 0.1) is 18.7 Å². The Balaban J connectivity index is 0.00000216. The summed E-state index contributed by atoms with van der Waals surface area (Å²) in [5, 5.41) is 2.99. The molecule has 0 radical (unpaired) electrons. The first-order chi connectivity index (χ1) is 15.4. The monoisotopic (exact) mass is 529 g/mol. The van der Waals surface area contributed by atoms with Crippen molar-refractivity contribution in [3.63, 3.8) is 0 Å². The molecule has 4 rings (SSSR count). The molecule has 9 nitrogen and oxygen atoms in total. The van der Waals surface area contributed by atoms with E-state index < -0.39 is 28.8 Å². The molecule has 0 bridgehead atoms. The van der Waals surface area contributed by atoms with Crippen LogP contribution in [0.1, 0.15) is 58.6 Å². The van der Waals surface area contributed by atoms with E-state index in [4.69, 9.17) is 10.6 Å². The molecule has 196 valence electrons. The Morgan fingerprint density at radius 1 is 1.23 bits per heavy atom. The molecule has 1 saturated heterocycles. The van der Waals surface area contributed by atoms with Gasteiger partial charge < -0.3 is 20.8 Å². The molecule has 0 unspecified atom stereocenters. The number of halogens is 1. The van der Waals surface area contributed by atoms with Crippen molar-refractivity contribution in [3.8, 4) is 0 Å². The number of ether oxygens (including phenoxy) is 1. The fraction of sp³-hybridized carbons (Fsp3) is 0.609. The molecule has 0 spiro atoms. The Kier molecular flexibility index (Phi) is 8.53. The van der Waals surface area contributed by atoms with Gasteiger partial charge in [-0.3, -0.25) is 9.36 Å². The average Bonchev–Trinajstić information content (AvgIpc) is 3.42. The van der Waals surface area contributed by atoms with E-state index in [-0.39, 0.29) is 50.4 Å². The number of benzene rings is 1. The normalized spacial score (nSPS) is 18.6. The summed E-state index contributed by atoms with van der Waals surface area (Å²) in [6.07, 6.45) is 1.92. The molecule has 2 aliphatic rings. The van der Waals surface area contributed by atoms with Gasteiger partial charge in [-0.2, -0.15) is 31.7 Å². The molecule has 1 aromatic carbocycles. The maximum atomic E-state index is 15.3. The van der Waals surface area contributed by atoms with Crippen molar-refractivity contribution in [2.24, 2.45) is 5.92 Å². The van der Waals surface area contributed by atoms with Crippen LogP contribution in [0.15, 0.2) is 15.7 Å². The Hall–Kier alpha value is -2.34. The minimum absolute atomic E-state index is 0. The number of nitrogen functional groups attached to an aromatic ring is 1. The molecule has 2 atom stereocenters. The molecule has 2 aromatic rings. The first kappa shape index (κ1) is 28.9. The Labute approximate surface area is 217 Å². The van der Waals surface area contributed by atoms with Crippen LogP contribution in [0.4, 0.5) is 14.9 Å². The predicted octanol–water partition coefficient (Wildman–Crippen LogP) is 2.62. The van der Waals surface area contributed by atoms with Crippen molar-refractivity contribution >= 4 is 49.7 Å². The molecule has 1 aromatic heterocycles. The molecule has 1 aliphatic carbocycles. The van der Waals surface area contributed by atoms with Crippen molar-refractivity contribution in [1.82, 2.24) is 14.6 Å². The van der Waals surface area contributed by atoms with Crippen molar-refractivity contribution < 1.29 is 13.9 Å². The molecule has 1 aliphatic heterocycles. The van der Waals surface area contributed by atoms with Crippen LogP contribution in [0.3, 0.4) is 0 Å². The number of anilines is 1. The Morgan fingerprint density at radius 3 is 2.43 bits per heavy atom. The van der Waals surface area contributed by atoms with Crippen LogP contribution in [0.2, 0.25) is 0 Å². The van der Waals surface area contributed by atoms with Gasteiger partial charge in [0.1, 0.15) is 11.4 Å². The van der Waals surface area contributed by atoms with Gasteiger partial charge in [-0.1, -0.05) is 0 Å². The number of carbonyl (C=O) groups excluding carboxylic acids is 1. The molecule has 12 heteroatoms. The van der Waals surface area contributed by atoms with Crippen LogP contribution in [-0.2, 0) is 4.74 Å². The molecule has 2 heterocycles. The SMILES string of the molecule is Cc1c(N2CC[C@H]([C@H](C)NC(=O)OC(C)(C)C)C2)c(F)cc2c(=O)n(N)c(=O)n(C3CC3)c12.S.S. The van der Waals surface area contributed by atoms with Crippen molar-refractivity contribution in [3.05, 3.63) is 38.3 Å². The average molecular weight is 530 g/mol. The molecule has 35 heavy (non-hydrogen) atoms. The lowest BCUT2D eigenvalue weighted by molar-refractivity contribution is 0.0494. The van der Waals surface area contributed by atoms with Crippen molar-refractivity contribution in [2.45, 2.75) is 71.6 Å². The van der Waals surface area contributed by atoms with Gasteiger partial charge in [0.05, 0.1) is 16.6 Å². The van der Waals surface area contributed by atoms with Gasteiger partial charge in [0, 0.05) is 30.7 Å². The van der Waals surface area contributed by atoms with Crippen LogP contribution >= 0.6 is 27.0 Å². The lowest BCUT2D eigenvalue weighted by Crippen LogP contribution is -2.45. The van der Waals surface area contributed by atoms with Gasteiger partial charge in [0.25, 0.3) is 5.56 Å². The van der Waals surface area contributed by atoms with Crippen LogP contribution in [-0.4, -0.2) is 40.1 Å². The van der Waals surface area contributed by atoms with Gasteiger partial charge in [-0.25, -0.2) is 14.0 Å². The number of nitrogens with zero attached hydrogens (tertiary/aromatic N) is 3. The second-order valence-corrected chi connectivity index (χ2v) is 10.2. The quantitative estimate of drug-likeness (QED) is 0.589. The van der Waals surface area contributed by atoms with E-state index in [2.05, 4.69) is 5.32 Å². The van der Waals surface area contributed by atoms with Gasteiger partial charge in [0.2, 0.25) is 0 Å². The minimum atomic E-state index is -0.699. The fourth-order valence-corrected chi connectivity index (χ4v) is 4.73. The number of nitrogens with two attached hydrogens (primary N) is 1. The number of amides is 1. The highest BCUT2D eigenvalue weighted by atomic mass is 32.1. The zero-order valence-electron chi connectivity index (χ0n) is 20.8. The summed E-state index contributed by atoms with van der Waals surface area (Å²) in [5.74, 6) is 5.27. The molecule has 2 fully saturated rings. The standard InChI is InChI=1S/C23H32FN5O4.2H2S/c1-12-18-16(20(30)29(25)22(32)28(18)15-6-7-15)10-17(24)19(12)27-9-8-14(11-27)13(2)26-21(31)33-23(3,4)5;;/h10,13-15H,6-9,11,25H2,1-5H3,(H,26,31);2*1H2/t13-,14-;;/m0../s1. The summed E-state index contributed by atoms with van der Waals surface area (Å²) >= 11 is 0. The van der Waals surface area contributed by atoms with Crippen molar-refractivity contribution in [2.75, 3.05) is 23.8 Å². The summed E-state index contributed by atoms with van der Waals surface area (Å²) in [6, 6.07) is 0.997. The number of fused-ring (bicyclic) bond motifs is 1. The van der Waals surface area contributed by atoms with Crippen LogP contribution < -0.4 is 27.3 Å². The van der Waals surface area contributed by atoms with E-state index in [1.54, 1.807) is 27.7 Å². The third-order valence-corrected chi connectivity index (χ3v) is 6.47. The van der Waals surface area contributed by atoms with Gasteiger partial charge in [0.15, 0.2) is 0 Å². The summed E-state index contributed by atoms with van der Waals surface area (Å²) in [4.78, 5) is 39.4.